The lowest BCUT2D eigenvalue weighted by Crippen LogP contribution is -1.91. The predicted molar refractivity (Wildman–Crippen MR) is 147 cm³/mol. The highest BCUT2D eigenvalue weighted by atomic mass is 16.3. The van der Waals surface area contributed by atoms with E-state index in [9.17, 15) is 0 Å². The van der Waals surface area contributed by atoms with Gasteiger partial charge in [0, 0.05) is 16.3 Å². The summed E-state index contributed by atoms with van der Waals surface area (Å²) < 4.78 is 6.34. The lowest BCUT2D eigenvalue weighted by Gasteiger charge is -2.13. The van der Waals surface area contributed by atoms with Crippen LogP contribution in [0.4, 0.5) is 0 Å². The number of aryl methyl sites for hydroxylation is 3. The molecule has 0 aliphatic heterocycles. The Hall–Kier alpha value is -4.10. The van der Waals surface area contributed by atoms with Crippen molar-refractivity contribution in [1.29, 1.82) is 0 Å². The Balaban J connectivity index is 1.39. The Morgan fingerprint density at radius 3 is 2.00 bits per heavy atom. The van der Waals surface area contributed by atoms with Crippen molar-refractivity contribution in [2.24, 2.45) is 0 Å². The number of fused-ring (bicyclic) bond motifs is 6. The van der Waals surface area contributed by atoms with Crippen LogP contribution < -0.4 is 0 Å². The summed E-state index contributed by atoms with van der Waals surface area (Å²) in [6, 6.07) is 33.3. The monoisotopic (exact) mass is 450 g/mol. The van der Waals surface area contributed by atoms with Crippen molar-refractivity contribution in [2.75, 3.05) is 0 Å². The number of benzene rings is 5. The molecule has 1 aliphatic carbocycles. The Labute approximate surface area is 205 Å². The highest BCUT2D eigenvalue weighted by Crippen LogP contribution is 2.43. The molecule has 0 saturated heterocycles. The van der Waals surface area contributed by atoms with Gasteiger partial charge in [0.25, 0.3) is 0 Å². The summed E-state index contributed by atoms with van der Waals surface area (Å²) in [5.74, 6) is 0. The summed E-state index contributed by atoms with van der Waals surface area (Å²) >= 11 is 0. The van der Waals surface area contributed by atoms with Crippen LogP contribution in [0, 0.1) is 20.8 Å². The molecular weight excluding hydrogens is 424 g/mol. The van der Waals surface area contributed by atoms with Crippen LogP contribution in [-0.2, 0) is 6.42 Å². The normalized spacial score (nSPS) is 12.3. The molecule has 0 N–H and O–H groups in total. The van der Waals surface area contributed by atoms with Crippen LogP contribution >= 0.6 is 0 Å². The molecule has 1 aromatic heterocycles. The summed E-state index contributed by atoms with van der Waals surface area (Å²) in [5, 5.41) is 2.34. The quantitative estimate of drug-likeness (QED) is 0.256. The molecule has 1 heterocycles. The summed E-state index contributed by atoms with van der Waals surface area (Å²) in [5.41, 5.74) is 16.4. The molecular formula is C34H26O. The molecule has 0 amide bonds. The number of hydrogen-bond acceptors (Lipinski definition) is 1. The van der Waals surface area contributed by atoms with E-state index < -0.39 is 0 Å². The van der Waals surface area contributed by atoms with E-state index in [1.54, 1.807) is 0 Å². The van der Waals surface area contributed by atoms with Crippen molar-refractivity contribution < 1.29 is 4.42 Å². The molecule has 0 spiro atoms. The maximum atomic E-state index is 6.34. The maximum Gasteiger partial charge on any atom is 0.143 e. The van der Waals surface area contributed by atoms with Gasteiger partial charge in [-0.3, -0.25) is 0 Å². The Morgan fingerprint density at radius 1 is 0.571 bits per heavy atom. The number of para-hydroxylation sites is 2. The molecule has 0 saturated carbocycles. The van der Waals surface area contributed by atoms with Crippen molar-refractivity contribution in [3.63, 3.8) is 0 Å². The largest absolute Gasteiger partial charge is 0.455 e. The van der Waals surface area contributed by atoms with Crippen molar-refractivity contribution in [2.45, 2.75) is 27.2 Å². The standard InChI is InChI=1S/C34H26O/c1-20-15-21(2)33(22(3)16-20)26-14-13-24-17-23-11-12-25(18-30(23)31(24)19-26)27-8-6-9-29-28-7-4-5-10-32(28)35-34(27)29/h4-16,18-19H,17H2,1-3H3. The van der Waals surface area contributed by atoms with Crippen LogP contribution in [0.3, 0.4) is 0 Å². The van der Waals surface area contributed by atoms with Crippen LogP contribution in [-0.4, -0.2) is 0 Å². The fourth-order valence-electron chi connectivity index (χ4n) is 6.10. The molecule has 5 aromatic carbocycles. The van der Waals surface area contributed by atoms with Gasteiger partial charge in [-0.05, 0) is 95.5 Å². The molecule has 0 atom stereocenters. The third-order valence-corrected chi connectivity index (χ3v) is 7.57. The molecule has 35 heavy (non-hydrogen) atoms. The zero-order valence-corrected chi connectivity index (χ0v) is 20.3. The molecule has 6 aromatic rings. The van der Waals surface area contributed by atoms with Gasteiger partial charge in [0.1, 0.15) is 11.2 Å². The second-order valence-corrected chi connectivity index (χ2v) is 9.97. The van der Waals surface area contributed by atoms with E-state index in [0.29, 0.717) is 0 Å². The maximum absolute atomic E-state index is 6.34. The predicted octanol–water partition coefficient (Wildman–Crippen LogP) is 9.42. The smallest absolute Gasteiger partial charge is 0.143 e. The highest BCUT2D eigenvalue weighted by Gasteiger charge is 2.21. The van der Waals surface area contributed by atoms with E-state index in [-0.39, 0.29) is 0 Å². The van der Waals surface area contributed by atoms with Gasteiger partial charge in [0.05, 0.1) is 0 Å². The first kappa shape index (κ1) is 20.3. The van der Waals surface area contributed by atoms with Crippen molar-refractivity contribution in [3.05, 3.63) is 119 Å². The topological polar surface area (TPSA) is 13.1 Å². The van der Waals surface area contributed by atoms with Gasteiger partial charge in [-0.15, -0.1) is 0 Å². The third-order valence-electron chi connectivity index (χ3n) is 7.57. The van der Waals surface area contributed by atoms with Gasteiger partial charge >= 0.3 is 0 Å². The fourth-order valence-corrected chi connectivity index (χ4v) is 6.10. The van der Waals surface area contributed by atoms with Crippen molar-refractivity contribution in [1.82, 2.24) is 0 Å². The number of rotatable bonds is 2. The molecule has 1 nitrogen and oxygen atoms in total. The summed E-state index contributed by atoms with van der Waals surface area (Å²) in [7, 11) is 0. The molecule has 0 radical (unpaired) electrons. The van der Waals surface area contributed by atoms with E-state index >= 15 is 0 Å². The first-order valence-corrected chi connectivity index (χ1v) is 12.3. The van der Waals surface area contributed by atoms with Gasteiger partial charge in [-0.2, -0.15) is 0 Å². The highest BCUT2D eigenvalue weighted by molar-refractivity contribution is 6.09. The average Bonchev–Trinajstić information content (AvgIpc) is 3.41. The second kappa shape index (κ2) is 7.45. The molecule has 0 unspecified atom stereocenters. The summed E-state index contributed by atoms with van der Waals surface area (Å²) in [4.78, 5) is 0. The fraction of sp³-hybridized carbons (Fsp3) is 0.118. The molecule has 1 aliphatic rings. The Bertz CT molecular complexity index is 1770. The second-order valence-electron chi connectivity index (χ2n) is 9.97. The first-order chi connectivity index (χ1) is 17.1. The molecule has 0 fully saturated rings. The zero-order chi connectivity index (χ0) is 23.7. The van der Waals surface area contributed by atoms with Crippen LogP contribution in [0.25, 0.3) is 55.3 Å². The number of furan rings is 1. The van der Waals surface area contributed by atoms with Crippen LogP contribution in [0.2, 0.25) is 0 Å². The Kier molecular flexibility index (Phi) is 4.32. The Morgan fingerprint density at radius 2 is 1.23 bits per heavy atom. The van der Waals surface area contributed by atoms with E-state index in [0.717, 1.165) is 23.2 Å². The third kappa shape index (κ3) is 3.08. The summed E-state index contributed by atoms with van der Waals surface area (Å²) in [6.07, 6.45) is 0.992. The molecule has 168 valence electrons. The van der Waals surface area contributed by atoms with E-state index in [2.05, 4.69) is 106 Å². The van der Waals surface area contributed by atoms with E-state index in [1.165, 1.54) is 66.4 Å². The lowest BCUT2D eigenvalue weighted by atomic mass is 9.91. The summed E-state index contributed by atoms with van der Waals surface area (Å²) in [6.45, 7) is 6.62. The van der Waals surface area contributed by atoms with Gasteiger partial charge < -0.3 is 4.42 Å². The zero-order valence-electron chi connectivity index (χ0n) is 20.3. The van der Waals surface area contributed by atoms with Gasteiger partial charge in [0.2, 0.25) is 0 Å². The lowest BCUT2D eigenvalue weighted by molar-refractivity contribution is 0.670. The van der Waals surface area contributed by atoms with E-state index in [4.69, 9.17) is 4.42 Å². The minimum absolute atomic E-state index is 0.940. The van der Waals surface area contributed by atoms with E-state index in [1.807, 2.05) is 6.07 Å². The van der Waals surface area contributed by atoms with Crippen LogP contribution in [0.5, 0.6) is 0 Å². The average molecular weight is 451 g/mol. The molecule has 0 bridgehead atoms. The SMILES string of the molecule is Cc1cc(C)c(-c2ccc3c(c2)-c2cc(-c4cccc5c4oc4ccccc45)ccc2C3)c(C)c1. The van der Waals surface area contributed by atoms with Crippen molar-refractivity contribution in [3.8, 4) is 33.4 Å². The molecule has 7 rings (SSSR count). The van der Waals surface area contributed by atoms with Crippen LogP contribution in [0.1, 0.15) is 27.8 Å². The van der Waals surface area contributed by atoms with Gasteiger partial charge in [-0.25, -0.2) is 0 Å². The van der Waals surface area contributed by atoms with Gasteiger partial charge in [0.15, 0.2) is 0 Å². The number of hydrogen-bond donors (Lipinski definition) is 0. The minimum Gasteiger partial charge on any atom is -0.455 e. The van der Waals surface area contributed by atoms with Crippen molar-refractivity contribution >= 4 is 21.9 Å². The first-order valence-electron chi connectivity index (χ1n) is 12.3. The van der Waals surface area contributed by atoms with Gasteiger partial charge in [-0.1, -0.05) is 78.4 Å². The minimum atomic E-state index is 0.940. The molecule has 1 heteroatoms. The van der Waals surface area contributed by atoms with Crippen LogP contribution in [0.15, 0.2) is 95.4 Å².